The normalized spacial score (nSPS) is 14.0. The van der Waals surface area contributed by atoms with Gasteiger partial charge in [0.15, 0.2) is 5.96 Å². The minimum Gasteiger partial charge on any atom is -0.473 e. The molecule has 0 radical (unpaired) electrons. The summed E-state index contributed by atoms with van der Waals surface area (Å²) in [6.07, 6.45) is 4.28. The summed E-state index contributed by atoms with van der Waals surface area (Å²) in [4.78, 5) is 11.4. The SMILES string of the molecule is CCNC(=NCc1ccnc(OCc2ccccc2)c1)N1CCCC1.I. The standard InChI is InChI=1S/C20H26N4O.HI/c1-2-21-20(24-12-6-7-13-24)23-15-18-10-11-22-19(14-18)25-16-17-8-4-3-5-9-17;/h3-5,8-11,14H,2,6-7,12-13,15-16H2,1H3,(H,21,23);1H. The van der Waals surface area contributed by atoms with Crippen LogP contribution in [0.1, 0.15) is 30.9 Å². The van der Waals surface area contributed by atoms with Crippen LogP contribution in [0.25, 0.3) is 0 Å². The van der Waals surface area contributed by atoms with Crippen molar-refractivity contribution in [1.82, 2.24) is 15.2 Å². The second-order valence-corrected chi connectivity index (χ2v) is 6.14. The van der Waals surface area contributed by atoms with E-state index in [2.05, 4.69) is 22.1 Å². The summed E-state index contributed by atoms with van der Waals surface area (Å²) in [6.45, 7) is 6.33. The third-order valence-corrected chi connectivity index (χ3v) is 4.18. The molecule has 2 heterocycles. The zero-order valence-corrected chi connectivity index (χ0v) is 17.6. The molecule has 1 fully saturated rings. The molecule has 140 valence electrons. The lowest BCUT2D eigenvalue weighted by Crippen LogP contribution is -2.39. The van der Waals surface area contributed by atoms with E-state index >= 15 is 0 Å². The Labute approximate surface area is 172 Å². The zero-order chi connectivity index (χ0) is 17.3. The van der Waals surface area contributed by atoms with Crippen molar-refractivity contribution < 1.29 is 4.74 Å². The van der Waals surface area contributed by atoms with Crippen LogP contribution in [0.5, 0.6) is 5.88 Å². The summed E-state index contributed by atoms with van der Waals surface area (Å²) >= 11 is 0. The summed E-state index contributed by atoms with van der Waals surface area (Å²) in [6, 6.07) is 14.1. The van der Waals surface area contributed by atoms with Gasteiger partial charge in [0.25, 0.3) is 0 Å². The number of benzene rings is 1. The van der Waals surface area contributed by atoms with Gasteiger partial charge in [0.05, 0.1) is 6.54 Å². The van der Waals surface area contributed by atoms with Crippen molar-refractivity contribution in [3.63, 3.8) is 0 Å². The second-order valence-electron chi connectivity index (χ2n) is 6.14. The van der Waals surface area contributed by atoms with E-state index in [1.165, 1.54) is 12.8 Å². The predicted molar refractivity (Wildman–Crippen MR) is 116 cm³/mol. The van der Waals surface area contributed by atoms with Crippen LogP contribution < -0.4 is 10.1 Å². The Balaban J connectivity index is 0.00000243. The molecule has 26 heavy (non-hydrogen) atoms. The van der Waals surface area contributed by atoms with Crippen molar-refractivity contribution in [2.75, 3.05) is 19.6 Å². The van der Waals surface area contributed by atoms with Crippen LogP contribution in [0.4, 0.5) is 0 Å². The van der Waals surface area contributed by atoms with Gasteiger partial charge in [-0.2, -0.15) is 0 Å². The lowest BCUT2D eigenvalue weighted by atomic mass is 10.2. The molecule has 0 saturated carbocycles. The van der Waals surface area contributed by atoms with Crippen LogP contribution in [-0.4, -0.2) is 35.5 Å². The number of hydrogen-bond acceptors (Lipinski definition) is 3. The first-order chi connectivity index (χ1) is 12.3. The molecule has 0 aliphatic carbocycles. The highest BCUT2D eigenvalue weighted by atomic mass is 127. The quantitative estimate of drug-likeness (QED) is 0.400. The number of rotatable bonds is 6. The van der Waals surface area contributed by atoms with Crippen LogP contribution in [-0.2, 0) is 13.2 Å². The van der Waals surface area contributed by atoms with E-state index in [-0.39, 0.29) is 24.0 Å². The summed E-state index contributed by atoms with van der Waals surface area (Å²) in [7, 11) is 0. The number of guanidine groups is 1. The van der Waals surface area contributed by atoms with E-state index in [0.29, 0.717) is 19.0 Å². The van der Waals surface area contributed by atoms with E-state index in [4.69, 9.17) is 9.73 Å². The Hall–Kier alpha value is -1.83. The Morgan fingerprint density at radius 2 is 1.92 bits per heavy atom. The maximum absolute atomic E-state index is 5.80. The Morgan fingerprint density at radius 3 is 2.65 bits per heavy atom. The first-order valence-electron chi connectivity index (χ1n) is 9.00. The van der Waals surface area contributed by atoms with Gasteiger partial charge in [-0.3, -0.25) is 0 Å². The summed E-state index contributed by atoms with van der Waals surface area (Å²) in [5.74, 6) is 1.64. The van der Waals surface area contributed by atoms with Crippen LogP contribution in [0.15, 0.2) is 53.7 Å². The van der Waals surface area contributed by atoms with Crippen molar-refractivity contribution in [3.05, 3.63) is 59.8 Å². The van der Waals surface area contributed by atoms with Gasteiger partial charge in [-0.25, -0.2) is 9.98 Å². The largest absolute Gasteiger partial charge is 0.473 e. The topological polar surface area (TPSA) is 49.8 Å². The summed E-state index contributed by atoms with van der Waals surface area (Å²) in [5.41, 5.74) is 2.24. The lowest BCUT2D eigenvalue weighted by molar-refractivity contribution is 0.293. The maximum Gasteiger partial charge on any atom is 0.213 e. The molecule has 1 aliphatic heterocycles. The van der Waals surface area contributed by atoms with E-state index in [0.717, 1.165) is 36.7 Å². The molecule has 0 unspecified atom stereocenters. The molecule has 1 aromatic carbocycles. The van der Waals surface area contributed by atoms with E-state index in [9.17, 15) is 0 Å². The van der Waals surface area contributed by atoms with Gasteiger partial charge >= 0.3 is 0 Å². The molecule has 3 rings (SSSR count). The van der Waals surface area contributed by atoms with Crippen LogP contribution in [0.3, 0.4) is 0 Å². The first kappa shape index (κ1) is 20.5. The smallest absolute Gasteiger partial charge is 0.213 e. The fourth-order valence-electron chi connectivity index (χ4n) is 2.88. The third-order valence-electron chi connectivity index (χ3n) is 4.18. The maximum atomic E-state index is 5.80. The number of nitrogens with zero attached hydrogens (tertiary/aromatic N) is 3. The minimum absolute atomic E-state index is 0. The Bertz CT molecular complexity index is 687. The highest BCUT2D eigenvalue weighted by Crippen LogP contribution is 2.13. The fraction of sp³-hybridized carbons (Fsp3) is 0.400. The van der Waals surface area contributed by atoms with Crippen LogP contribution >= 0.6 is 24.0 Å². The van der Waals surface area contributed by atoms with Gasteiger partial charge in [-0.1, -0.05) is 30.3 Å². The Morgan fingerprint density at radius 1 is 1.15 bits per heavy atom. The van der Waals surface area contributed by atoms with Gasteiger partial charge in [0.2, 0.25) is 5.88 Å². The number of likely N-dealkylation sites (tertiary alicyclic amines) is 1. The number of nitrogens with one attached hydrogen (secondary N) is 1. The molecule has 5 nitrogen and oxygen atoms in total. The van der Waals surface area contributed by atoms with Crippen molar-refractivity contribution in [2.45, 2.75) is 32.9 Å². The van der Waals surface area contributed by atoms with Gasteiger partial charge in [-0.15, -0.1) is 24.0 Å². The van der Waals surface area contributed by atoms with Crippen LogP contribution in [0.2, 0.25) is 0 Å². The van der Waals surface area contributed by atoms with Crippen LogP contribution in [0, 0.1) is 0 Å². The molecule has 1 aromatic heterocycles. The van der Waals surface area contributed by atoms with E-state index in [1.54, 1.807) is 6.20 Å². The van der Waals surface area contributed by atoms with Crippen molar-refractivity contribution in [3.8, 4) is 5.88 Å². The van der Waals surface area contributed by atoms with Gasteiger partial charge in [0, 0.05) is 31.9 Å². The van der Waals surface area contributed by atoms with E-state index < -0.39 is 0 Å². The monoisotopic (exact) mass is 466 g/mol. The lowest BCUT2D eigenvalue weighted by Gasteiger charge is -2.20. The number of aromatic nitrogens is 1. The average Bonchev–Trinajstić information content (AvgIpc) is 3.19. The number of pyridine rings is 1. The molecule has 0 bridgehead atoms. The molecule has 1 aliphatic rings. The number of hydrogen-bond donors (Lipinski definition) is 1. The molecule has 1 saturated heterocycles. The number of aliphatic imine (C=N–C) groups is 1. The predicted octanol–water partition coefficient (Wildman–Crippen LogP) is 3.84. The molecule has 0 spiro atoms. The van der Waals surface area contributed by atoms with Gasteiger partial charge in [-0.05, 0) is 37.0 Å². The third kappa shape index (κ3) is 6.16. The summed E-state index contributed by atoms with van der Waals surface area (Å²) < 4.78 is 5.80. The highest BCUT2D eigenvalue weighted by Gasteiger charge is 2.15. The summed E-state index contributed by atoms with van der Waals surface area (Å²) in [5, 5.41) is 3.39. The number of halogens is 1. The number of ether oxygens (including phenoxy) is 1. The highest BCUT2D eigenvalue weighted by molar-refractivity contribution is 14.0. The Kier molecular flexibility index (Phi) is 8.67. The molecular formula is C20H27IN4O. The van der Waals surface area contributed by atoms with Crippen molar-refractivity contribution in [1.29, 1.82) is 0 Å². The fourth-order valence-corrected chi connectivity index (χ4v) is 2.88. The molecule has 0 amide bonds. The van der Waals surface area contributed by atoms with E-state index in [1.807, 2.05) is 42.5 Å². The molecule has 1 N–H and O–H groups in total. The zero-order valence-electron chi connectivity index (χ0n) is 15.2. The van der Waals surface area contributed by atoms with Gasteiger partial charge in [0.1, 0.15) is 6.61 Å². The average molecular weight is 466 g/mol. The first-order valence-corrected chi connectivity index (χ1v) is 9.00. The molecular weight excluding hydrogens is 439 g/mol. The van der Waals surface area contributed by atoms with Crippen molar-refractivity contribution >= 4 is 29.9 Å². The van der Waals surface area contributed by atoms with Gasteiger partial charge < -0.3 is 15.0 Å². The molecule has 0 atom stereocenters. The second kappa shape index (κ2) is 11.0. The molecule has 6 heteroatoms. The molecule has 2 aromatic rings. The van der Waals surface area contributed by atoms with Crippen molar-refractivity contribution in [2.24, 2.45) is 4.99 Å². The minimum atomic E-state index is 0.